The van der Waals surface area contributed by atoms with Crippen LogP contribution >= 0.6 is 23.1 Å². The lowest BCUT2D eigenvalue weighted by molar-refractivity contribution is -0.137. The number of benzene rings is 2. The fraction of sp³-hybridized carbons (Fsp3) is 0.190. The van der Waals surface area contributed by atoms with Crippen molar-refractivity contribution in [1.29, 1.82) is 0 Å². The molecule has 0 spiro atoms. The van der Waals surface area contributed by atoms with Gasteiger partial charge in [-0.2, -0.15) is 13.2 Å². The van der Waals surface area contributed by atoms with Crippen molar-refractivity contribution in [2.45, 2.75) is 30.8 Å². The Labute approximate surface area is 174 Å². The molecule has 0 aliphatic rings. The lowest BCUT2D eigenvalue weighted by Gasteiger charge is -2.09. The van der Waals surface area contributed by atoms with Gasteiger partial charge in [-0.1, -0.05) is 59.8 Å². The zero-order valence-corrected chi connectivity index (χ0v) is 17.3. The van der Waals surface area contributed by atoms with Crippen molar-refractivity contribution in [3.63, 3.8) is 0 Å². The topological polar surface area (TPSA) is 38.7 Å². The number of hydrogen-bond acceptors (Lipinski definition) is 5. The minimum Gasteiger partial charge on any atom is -0.238 e. The van der Waals surface area contributed by atoms with E-state index in [1.807, 2.05) is 38.1 Å². The Kier molecular flexibility index (Phi) is 5.31. The molecule has 0 aliphatic heterocycles. The molecule has 4 aromatic rings. The molecule has 0 atom stereocenters. The number of nitrogens with zero attached hydrogens (tertiary/aromatic N) is 3. The molecule has 0 radical (unpaired) electrons. The molecule has 148 valence electrons. The van der Waals surface area contributed by atoms with Crippen molar-refractivity contribution >= 4 is 33.3 Å². The van der Waals surface area contributed by atoms with Gasteiger partial charge in [0, 0.05) is 11.3 Å². The second-order valence-corrected chi connectivity index (χ2v) is 8.78. The quantitative estimate of drug-likeness (QED) is 0.338. The van der Waals surface area contributed by atoms with Crippen molar-refractivity contribution in [3.8, 4) is 11.3 Å². The van der Waals surface area contributed by atoms with Crippen LogP contribution in [-0.2, 0) is 11.9 Å². The molecule has 0 aliphatic carbocycles. The van der Waals surface area contributed by atoms with Crippen LogP contribution in [0.15, 0.2) is 53.6 Å². The van der Waals surface area contributed by atoms with Gasteiger partial charge < -0.3 is 0 Å². The number of aromatic nitrogens is 3. The highest BCUT2D eigenvalue weighted by molar-refractivity contribution is 7.98. The number of thiazole rings is 1. The number of aryl methyl sites for hydroxylation is 2. The van der Waals surface area contributed by atoms with Crippen LogP contribution in [0.4, 0.5) is 13.2 Å². The van der Waals surface area contributed by atoms with Gasteiger partial charge in [0.1, 0.15) is 16.2 Å². The normalized spacial score (nSPS) is 11.9. The van der Waals surface area contributed by atoms with Crippen LogP contribution in [-0.4, -0.2) is 15.2 Å². The lowest BCUT2D eigenvalue weighted by Crippen LogP contribution is -2.05. The molecule has 0 amide bonds. The van der Waals surface area contributed by atoms with Crippen molar-refractivity contribution < 1.29 is 13.2 Å². The highest BCUT2D eigenvalue weighted by Crippen LogP contribution is 2.37. The maximum atomic E-state index is 12.9. The molecule has 0 N–H and O–H groups in total. The number of fused-ring (bicyclic) bond motifs is 1. The van der Waals surface area contributed by atoms with E-state index in [1.165, 1.54) is 23.9 Å². The van der Waals surface area contributed by atoms with Crippen molar-refractivity contribution in [3.05, 3.63) is 70.2 Å². The second kappa shape index (κ2) is 7.76. The molecule has 29 heavy (non-hydrogen) atoms. The molecule has 4 rings (SSSR count). The van der Waals surface area contributed by atoms with Gasteiger partial charge in [-0.05, 0) is 25.5 Å². The molecule has 0 saturated heterocycles. The Bertz CT molecular complexity index is 1170. The fourth-order valence-corrected chi connectivity index (χ4v) is 4.76. The first kappa shape index (κ1) is 19.8. The average Bonchev–Trinajstić information content (AvgIpc) is 3.08. The first-order valence-corrected chi connectivity index (χ1v) is 10.6. The third-order valence-electron chi connectivity index (χ3n) is 4.35. The van der Waals surface area contributed by atoms with Crippen LogP contribution in [0.3, 0.4) is 0 Å². The largest absolute Gasteiger partial charge is 0.416 e. The molecule has 0 fully saturated rings. The summed E-state index contributed by atoms with van der Waals surface area (Å²) in [5.41, 5.74) is 3.57. The molecular weight excluding hydrogens is 415 g/mol. The van der Waals surface area contributed by atoms with Gasteiger partial charge in [-0.3, -0.25) is 0 Å². The van der Waals surface area contributed by atoms with Crippen LogP contribution in [0.1, 0.15) is 21.7 Å². The van der Waals surface area contributed by atoms with E-state index in [1.54, 1.807) is 17.4 Å². The van der Waals surface area contributed by atoms with Crippen LogP contribution in [0.5, 0.6) is 0 Å². The van der Waals surface area contributed by atoms with E-state index in [4.69, 9.17) is 0 Å². The maximum absolute atomic E-state index is 12.9. The van der Waals surface area contributed by atoms with Gasteiger partial charge in [-0.25, -0.2) is 4.98 Å². The number of thioether (sulfide) groups is 1. The van der Waals surface area contributed by atoms with E-state index in [0.717, 1.165) is 38.1 Å². The van der Waals surface area contributed by atoms with Gasteiger partial charge in [0.05, 0.1) is 15.3 Å². The monoisotopic (exact) mass is 431 g/mol. The molecular formula is C21H16F3N3S2. The van der Waals surface area contributed by atoms with Crippen LogP contribution in [0.2, 0.25) is 0 Å². The van der Waals surface area contributed by atoms with Crippen molar-refractivity contribution in [2.24, 2.45) is 0 Å². The lowest BCUT2D eigenvalue weighted by atomic mass is 10.1. The first-order chi connectivity index (χ1) is 13.8. The van der Waals surface area contributed by atoms with Gasteiger partial charge in [0.25, 0.3) is 0 Å². The Morgan fingerprint density at radius 3 is 2.48 bits per heavy atom. The molecule has 0 bridgehead atoms. The van der Waals surface area contributed by atoms with Crippen molar-refractivity contribution in [2.75, 3.05) is 0 Å². The number of rotatable bonds is 4. The van der Waals surface area contributed by atoms with E-state index in [0.29, 0.717) is 16.3 Å². The first-order valence-electron chi connectivity index (χ1n) is 8.81. The SMILES string of the molecule is Cc1ccc(-c2nnc(SCc3cccc(C(F)(F)F)c3)c3nc(C)sc23)cc1. The molecule has 0 saturated carbocycles. The molecule has 3 nitrogen and oxygen atoms in total. The third kappa shape index (κ3) is 4.28. The summed E-state index contributed by atoms with van der Waals surface area (Å²) in [7, 11) is 0. The Balaban J connectivity index is 1.66. The summed E-state index contributed by atoms with van der Waals surface area (Å²) in [4.78, 5) is 4.60. The summed E-state index contributed by atoms with van der Waals surface area (Å²) in [6.07, 6.45) is -4.35. The number of hydrogen-bond donors (Lipinski definition) is 0. The van der Waals surface area contributed by atoms with Gasteiger partial charge in [0.15, 0.2) is 0 Å². The van der Waals surface area contributed by atoms with Gasteiger partial charge >= 0.3 is 6.18 Å². The minimum atomic E-state index is -4.35. The van der Waals surface area contributed by atoms with Gasteiger partial charge in [-0.15, -0.1) is 21.5 Å². The molecule has 2 aromatic heterocycles. The van der Waals surface area contributed by atoms with Crippen molar-refractivity contribution in [1.82, 2.24) is 15.2 Å². The summed E-state index contributed by atoms with van der Waals surface area (Å²) in [6, 6.07) is 13.4. The minimum absolute atomic E-state index is 0.355. The highest BCUT2D eigenvalue weighted by Gasteiger charge is 2.30. The standard InChI is InChI=1S/C21H16F3N3S2/c1-12-6-8-15(9-7-12)17-19-18(25-13(2)29-19)20(27-26-17)28-11-14-4-3-5-16(10-14)21(22,23)24/h3-10H,11H2,1-2H3. The van der Waals surface area contributed by atoms with E-state index in [-0.39, 0.29) is 0 Å². The van der Waals surface area contributed by atoms with Gasteiger partial charge in [0.2, 0.25) is 0 Å². The molecule has 0 unspecified atom stereocenters. The second-order valence-electron chi connectivity index (χ2n) is 6.62. The summed E-state index contributed by atoms with van der Waals surface area (Å²) < 4.78 is 39.7. The summed E-state index contributed by atoms with van der Waals surface area (Å²) in [5, 5.41) is 10.3. The van der Waals surface area contributed by atoms with E-state index < -0.39 is 11.7 Å². The van der Waals surface area contributed by atoms with Crippen LogP contribution in [0.25, 0.3) is 21.5 Å². The van der Waals surface area contributed by atoms with Crippen LogP contribution in [0, 0.1) is 13.8 Å². The Morgan fingerprint density at radius 1 is 1.00 bits per heavy atom. The smallest absolute Gasteiger partial charge is 0.238 e. The third-order valence-corrected chi connectivity index (χ3v) is 6.35. The average molecular weight is 432 g/mol. The maximum Gasteiger partial charge on any atom is 0.416 e. The Morgan fingerprint density at radius 2 is 1.76 bits per heavy atom. The number of alkyl halides is 3. The highest BCUT2D eigenvalue weighted by atomic mass is 32.2. The zero-order chi connectivity index (χ0) is 20.6. The Hall–Kier alpha value is -2.45. The predicted molar refractivity (Wildman–Crippen MR) is 111 cm³/mol. The van der Waals surface area contributed by atoms with E-state index in [2.05, 4.69) is 15.2 Å². The number of halogens is 3. The summed E-state index contributed by atoms with van der Waals surface area (Å²) in [6.45, 7) is 3.94. The van der Waals surface area contributed by atoms with E-state index >= 15 is 0 Å². The summed E-state index contributed by atoms with van der Waals surface area (Å²) in [5.74, 6) is 0.355. The zero-order valence-electron chi connectivity index (χ0n) is 15.6. The fourth-order valence-electron chi connectivity index (χ4n) is 2.91. The predicted octanol–water partition coefficient (Wildman–Crippen LogP) is 6.68. The summed E-state index contributed by atoms with van der Waals surface area (Å²) >= 11 is 2.89. The molecule has 2 aromatic carbocycles. The molecule has 2 heterocycles. The van der Waals surface area contributed by atoms with Crippen LogP contribution < -0.4 is 0 Å². The molecule has 8 heteroatoms. The van der Waals surface area contributed by atoms with E-state index in [9.17, 15) is 13.2 Å².